The molecular weight excluding hydrogens is 242 g/mol. The normalized spacial score (nSPS) is 10.6. The third-order valence-corrected chi connectivity index (χ3v) is 2.35. The fraction of sp³-hybridized carbons (Fsp3) is 0.250. The van der Waals surface area contributed by atoms with E-state index >= 15 is 0 Å². The highest BCUT2D eigenvalue weighted by molar-refractivity contribution is 6.35. The van der Waals surface area contributed by atoms with Crippen molar-refractivity contribution in [1.29, 1.82) is 0 Å². The Kier molecular flexibility index (Phi) is 4.40. The van der Waals surface area contributed by atoms with Gasteiger partial charge in [0.2, 0.25) is 0 Å². The molecule has 1 N–H and O–H groups in total. The molecule has 0 aliphatic rings. The van der Waals surface area contributed by atoms with Crippen molar-refractivity contribution in [2.45, 2.75) is 0 Å². The van der Waals surface area contributed by atoms with Crippen molar-refractivity contribution in [2.75, 3.05) is 21.2 Å². The number of allylic oxidation sites excluding steroid dienone is 1. The van der Waals surface area contributed by atoms with E-state index in [4.69, 9.17) is 16.3 Å². The molecule has 4 nitrogen and oxygen atoms in total. The molecule has 0 aliphatic heterocycles. The van der Waals surface area contributed by atoms with Gasteiger partial charge in [-0.05, 0) is 6.07 Å². The largest absolute Gasteiger partial charge is 0.507 e. The maximum absolute atomic E-state index is 11.8. The van der Waals surface area contributed by atoms with Crippen LogP contribution in [0, 0.1) is 0 Å². The van der Waals surface area contributed by atoms with Gasteiger partial charge in [0.15, 0.2) is 5.78 Å². The second kappa shape index (κ2) is 5.59. The van der Waals surface area contributed by atoms with Crippen LogP contribution in [-0.2, 0) is 0 Å². The number of hydrogen-bond donors (Lipinski definition) is 1. The van der Waals surface area contributed by atoms with Crippen molar-refractivity contribution >= 4 is 17.4 Å². The van der Waals surface area contributed by atoms with Crippen molar-refractivity contribution in [2.24, 2.45) is 0 Å². The van der Waals surface area contributed by atoms with Crippen LogP contribution in [0.1, 0.15) is 10.4 Å². The summed E-state index contributed by atoms with van der Waals surface area (Å²) in [6.07, 6.45) is 2.93. The van der Waals surface area contributed by atoms with Gasteiger partial charge in [-0.15, -0.1) is 0 Å². The van der Waals surface area contributed by atoms with Crippen LogP contribution in [0.25, 0.3) is 0 Å². The molecular formula is C12H14ClNO3. The van der Waals surface area contributed by atoms with Gasteiger partial charge in [-0.1, -0.05) is 11.6 Å². The topological polar surface area (TPSA) is 49.8 Å². The van der Waals surface area contributed by atoms with Gasteiger partial charge in [0, 0.05) is 32.4 Å². The average Bonchev–Trinajstić information content (AvgIpc) is 2.25. The smallest absolute Gasteiger partial charge is 0.192 e. The van der Waals surface area contributed by atoms with Crippen LogP contribution in [0.15, 0.2) is 24.4 Å². The summed E-state index contributed by atoms with van der Waals surface area (Å²) < 4.78 is 4.93. The number of phenolic OH excluding ortho intramolecular Hbond substituents is 1. The summed E-state index contributed by atoms with van der Waals surface area (Å²) in [7, 11) is 5.04. The molecule has 0 radical (unpaired) electrons. The van der Waals surface area contributed by atoms with E-state index in [1.165, 1.54) is 25.3 Å². The third-order valence-electron chi connectivity index (χ3n) is 2.05. The molecule has 0 saturated heterocycles. The molecule has 92 valence electrons. The van der Waals surface area contributed by atoms with E-state index in [1.807, 2.05) is 0 Å². The van der Waals surface area contributed by atoms with Crippen molar-refractivity contribution in [1.82, 2.24) is 4.90 Å². The number of carbonyl (C=O) groups is 1. The van der Waals surface area contributed by atoms with Crippen molar-refractivity contribution in [3.8, 4) is 11.5 Å². The maximum atomic E-state index is 11.8. The van der Waals surface area contributed by atoms with Gasteiger partial charge < -0.3 is 14.7 Å². The number of phenols is 1. The van der Waals surface area contributed by atoms with Gasteiger partial charge in [0.05, 0.1) is 17.7 Å². The SMILES string of the molecule is COc1cc(O)c(C(=O)C=CN(C)C)c(Cl)c1. The van der Waals surface area contributed by atoms with Crippen molar-refractivity contribution in [3.05, 3.63) is 35.0 Å². The van der Waals surface area contributed by atoms with E-state index in [-0.39, 0.29) is 22.1 Å². The van der Waals surface area contributed by atoms with Crippen molar-refractivity contribution < 1.29 is 14.6 Å². The van der Waals surface area contributed by atoms with Gasteiger partial charge in [-0.2, -0.15) is 0 Å². The first kappa shape index (κ1) is 13.4. The number of methoxy groups -OCH3 is 1. The van der Waals surface area contributed by atoms with Gasteiger partial charge in [-0.3, -0.25) is 4.79 Å². The van der Waals surface area contributed by atoms with Crippen LogP contribution < -0.4 is 4.74 Å². The Morgan fingerprint density at radius 1 is 1.47 bits per heavy atom. The zero-order chi connectivity index (χ0) is 13.0. The molecule has 1 aromatic carbocycles. The molecule has 0 heterocycles. The van der Waals surface area contributed by atoms with E-state index in [9.17, 15) is 9.90 Å². The number of hydrogen-bond acceptors (Lipinski definition) is 4. The lowest BCUT2D eigenvalue weighted by Gasteiger charge is -2.08. The van der Waals surface area contributed by atoms with Gasteiger partial charge in [0.25, 0.3) is 0 Å². The van der Waals surface area contributed by atoms with Crippen LogP contribution in [0.4, 0.5) is 0 Å². The Morgan fingerprint density at radius 2 is 2.12 bits per heavy atom. The molecule has 0 saturated carbocycles. The molecule has 5 heteroatoms. The zero-order valence-electron chi connectivity index (χ0n) is 9.90. The highest BCUT2D eigenvalue weighted by atomic mass is 35.5. The number of ketones is 1. The Labute approximate surface area is 105 Å². The first-order valence-electron chi connectivity index (χ1n) is 4.91. The van der Waals surface area contributed by atoms with E-state index in [1.54, 1.807) is 25.2 Å². The lowest BCUT2D eigenvalue weighted by molar-refractivity contribution is 0.104. The lowest BCUT2D eigenvalue weighted by Crippen LogP contribution is -2.04. The molecule has 0 amide bonds. The van der Waals surface area contributed by atoms with Gasteiger partial charge in [0.1, 0.15) is 11.5 Å². The van der Waals surface area contributed by atoms with Crippen molar-refractivity contribution in [3.63, 3.8) is 0 Å². The second-order valence-corrected chi connectivity index (χ2v) is 4.05. The molecule has 0 bridgehead atoms. The summed E-state index contributed by atoms with van der Waals surface area (Å²) in [5.41, 5.74) is 0.0746. The third kappa shape index (κ3) is 3.39. The molecule has 0 spiro atoms. The highest BCUT2D eigenvalue weighted by Crippen LogP contribution is 2.31. The molecule has 0 unspecified atom stereocenters. The summed E-state index contributed by atoms with van der Waals surface area (Å²) in [4.78, 5) is 13.5. The van der Waals surface area contributed by atoms with Crippen LogP contribution in [0.2, 0.25) is 5.02 Å². The van der Waals surface area contributed by atoms with Crippen LogP contribution in [0.3, 0.4) is 0 Å². The summed E-state index contributed by atoms with van der Waals surface area (Å²) >= 11 is 5.92. The number of halogens is 1. The summed E-state index contributed by atoms with van der Waals surface area (Å²) in [6.45, 7) is 0. The molecule has 0 fully saturated rings. The molecule has 0 aliphatic carbocycles. The minimum Gasteiger partial charge on any atom is -0.507 e. The lowest BCUT2D eigenvalue weighted by atomic mass is 10.1. The molecule has 1 rings (SSSR count). The Morgan fingerprint density at radius 3 is 2.59 bits per heavy atom. The first-order chi connectivity index (χ1) is 7.95. The number of rotatable bonds is 4. The van der Waals surface area contributed by atoms with E-state index in [0.29, 0.717) is 5.75 Å². The zero-order valence-corrected chi connectivity index (χ0v) is 10.7. The predicted octanol–water partition coefficient (Wildman–Crippen LogP) is 2.31. The average molecular weight is 256 g/mol. The Hall–Kier alpha value is -1.68. The van der Waals surface area contributed by atoms with E-state index in [2.05, 4.69) is 0 Å². The molecule has 17 heavy (non-hydrogen) atoms. The fourth-order valence-corrected chi connectivity index (χ4v) is 1.53. The number of nitrogens with zero attached hydrogens (tertiary/aromatic N) is 1. The second-order valence-electron chi connectivity index (χ2n) is 3.65. The number of ether oxygens (including phenoxy) is 1. The number of carbonyl (C=O) groups excluding carboxylic acids is 1. The summed E-state index contributed by atoms with van der Waals surface area (Å²) in [5, 5.41) is 9.87. The van der Waals surface area contributed by atoms with Gasteiger partial charge in [-0.25, -0.2) is 0 Å². The maximum Gasteiger partial charge on any atom is 0.192 e. The van der Waals surface area contributed by atoms with E-state index in [0.717, 1.165) is 0 Å². The number of benzene rings is 1. The standard InChI is InChI=1S/C12H14ClNO3/c1-14(2)5-4-10(15)12-9(13)6-8(17-3)7-11(12)16/h4-7,16H,1-3H3. The molecule has 1 aromatic rings. The highest BCUT2D eigenvalue weighted by Gasteiger charge is 2.15. The quantitative estimate of drug-likeness (QED) is 0.663. The number of aromatic hydroxyl groups is 1. The molecule has 0 aromatic heterocycles. The Balaban J connectivity index is 3.10. The van der Waals surface area contributed by atoms with Crippen LogP contribution in [-0.4, -0.2) is 37.0 Å². The predicted molar refractivity (Wildman–Crippen MR) is 66.8 cm³/mol. The van der Waals surface area contributed by atoms with Crippen LogP contribution >= 0.6 is 11.6 Å². The summed E-state index contributed by atoms with van der Waals surface area (Å²) in [5.74, 6) is -0.146. The monoisotopic (exact) mass is 255 g/mol. The molecule has 0 atom stereocenters. The minimum absolute atomic E-state index is 0.0746. The first-order valence-corrected chi connectivity index (χ1v) is 5.29. The summed E-state index contributed by atoms with van der Waals surface area (Å²) in [6, 6.07) is 2.83. The van der Waals surface area contributed by atoms with E-state index < -0.39 is 0 Å². The van der Waals surface area contributed by atoms with Crippen LogP contribution in [0.5, 0.6) is 11.5 Å². The van der Waals surface area contributed by atoms with Gasteiger partial charge >= 0.3 is 0 Å². The minimum atomic E-state index is -0.358. The fourth-order valence-electron chi connectivity index (χ4n) is 1.23. The Bertz CT molecular complexity index is 432.